The Balaban J connectivity index is 1.22. The van der Waals surface area contributed by atoms with Crippen LogP contribution in [-0.4, -0.2) is 4.98 Å². The van der Waals surface area contributed by atoms with E-state index in [1.165, 1.54) is 16.3 Å². The molecule has 2 heterocycles. The molecule has 0 aliphatic carbocycles. The third kappa shape index (κ3) is 5.04. The van der Waals surface area contributed by atoms with Crippen molar-refractivity contribution in [2.45, 2.75) is 0 Å². The first-order chi connectivity index (χ1) is 25.3. The maximum Gasteiger partial charge on any atom is 0.227 e. The van der Waals surface area contributed by atoms with Crippen LogP contribution in [0.25, 0.3) is 77.5 Å². The second-order valence-corrected chi connectivity index (χ2v) is 12.8. The van der Waals surface area contributed by atoms with Gasteiger partial charge in [-0.25, -0.2) is 4.98 Å². The highest BCUT2D eigenvalue weighted by Gasteiger charge is 2.25. The molecule has 0 fully saturated rings. The summed E-state index contributed by atoms with van der Waals surface area (Å²) < 4.78 is 13.3. The minimum absolute atomic E-state index is 0.575. The molecule has 0 saturated heterocycles. The van der Waals surface area contributed by atoms with Gasteiger partial charge in [0.25, 0.3) is 0 Å². The Bertz CT molecular complexity index is 2850. The van der Waals surface area contributed by atoms with Gasteiger partial charge in [-0.05, 0) is 87.6 Å². The van der Waals surface area contributed by atoms with Crippen LogP contribution in [0.4, 0.5) is 17.1 Å². The van der Waals surface area contributed by atoms with Gasteiger partial charge in [-0.15, -0.1) is 0 Å². The predicted molar refractivity (Wildman–Crippen MR) is 210 cm³/mol. The Kier molecular flexibility index (Phi) is 6.78. The van der Waals surface area contributed by atoms with Crippen molar-refractivity contribution in [3.8, 4) is 33.7 Å². The van der Waals surface area contributed by atoms with Crippen molar-refractivity contribution >= 4 is 60.9 Å². The van der Waals surface area contributed by atoms with Gasteiger partial charge in [0.15, 0.2) is 11.2 Å². The van der Waals surface area contributed by atoms with Gasteiger partial charge in [0.2, 0.25) is 5.89 Å². The molecule has 4 heteroatoms. The molecule has 0 aliphatic rings. The molecule has 240 valence electrons. The van der Waals surface area contributed by atoms with Gasteiger partial charge in [-0.3, -0.25) is 0 Å². The first kappa shape index (κ1) is 29.0. The summed E-state index contributed by atoms with van der Waals surface area (Å²) in [5.41, 5.74) is 11.4. The van der Waals surface area contributed by atoms with E-state index in [-0.39, 0.29) is 0 Å². The summed E-state index contributed by atoms with van der Waals surface area (Å²) in [5.74, 6) is 0.575. The molecule has 10 aromatic rings. The number of hydrogen-bond donors (Lipinski definition) is 0. The van der Waals surface area contributed by atoms with Gasteiger partial charge in [-0.2, -0.15) is 0 Å². The lowest BCUT2D eigenvalue weighted by Crippen LogP contribution is -2.10. The highest BCUT2D eigenvalue weighted by Crippen LogP contribution is 2.47. The quantitative estimate of drug-likeness (QED) is 0.179. The molecule has 4 nitrogen and oxygen atoms in total. The van der Waals surface area contributed by atoms with Gasteiger partial charge >= 0.3 is 0 Å². The van der Waals surface area contributed by atoms with Crippen LogP contribution in [0.5, 0.6) is 0 Å². The summed E-state index contributed by atoms with van der Waals surface area (Å²) in [4.78, 5) is 7.34. The zero-order chi connectivity index (χ0) is 33.7. The van der Waals surface area contributed by atoms with Crippen molar-refractivity contribution in [1.29, 1.82) is 0 Å². The molecule has 0 N–H and O–H groups in total. The van der Waals surface area contributed by atoms with Gasteiger partial charge in [0.1, 0.15) is 11.1 Å². The van der Waals surface area contributed by atoms with E-state index in [4.69, 9.17) is 13.8 Å². The normalized spacial score (nSPS) is 11.5. The van der Waals surface area contributed by atoms with E-state index in [2.05, 4.69) is 132 Å². The molecule has 0 saturated carbocycles. The predicted octanol–water partition coefficient (Wildman–Crippen LogP) is 13.4. The Morgan fingerprint density at radius 3 is 1.88 bits per heavy atom. The fraction of sp³-hybridized carbons (Fsp3) is 0. The van der Waals surface area contributed by atoms with Crippen molar-refractivity contribution < 1.29 is 8.83 Å². The van der Waals surface area contributed by atoms with Crippen LogP contribution in [0, 0.1) is 0 Å². The Labute approximate surface area is 294 Å². The smallest absolute Gasteiger partial charge is 0.227 e. The summed E-state index contributed by atoms with van der Waals surface area (Å²) >= 11 is 0. The maximum absolute atomic E-state index is 6.76. The summed E-state index contributed by atoms with van der Waals surface area (Å²) in [6.45, 7) is 0. The summed E-state index contributed by atoms with van der Waals surface area (Å²) in [6, 6.07) is 63.4. The van der Waals surface area contributed by atoms with Crippen molar-refractivity contribution in [3.63, 3.8) is 0 Å². The molecule has 0 radical (unpaired) electrons. The van der Waals surface area contributed by atoms with E-state index < -0.39 is 0 Å². The molecule has 0 bridgehead atoms. The minimum atomic E-state index is 0.575. The van der Waals surface area contributed by atoms with E-state index in [9.17, 15) is 0 Å². The monoisotopic (exact) mass is 654 g/mol. The molecule has 0 amide bonds. The number of anilines is 3. The van der Waals surface area contributed by atoms with Crippen molar-refractivity contribution in [1.82, 2.24) is 4.98 Å². The van der Waals surface area contributed by atoms with Crippen LogP contribution in [-0.2, 0) is 0 Å². The summed E-state index contributed by atoms with van der Waals surface area (Å²) in [6.07, 6.45) is 0. The lowest BCUT2D eigenvalue weighted by atomic mass is 10.00. The lowest BCUT2D eigenvalue weighted by Gasteiger charge is -2.26. The molecule has 0 aliphatic heterocycles. The van der Waals surface area contributed by atoms with Crippen molar-refractivity contribution in [2.24, 2.45) is 0 Å². The van der Waals surface area contributed by atoms with Gasteiger partial charge in [-0.1, -0.05) is 127 Å². The Morgan fingerprint density at radius 2 is 1.06 bits per heavy atom. The largest absolute Gasteiger partial charge is 0.454 e. The average Bonchev–Trinajstić information content (AvgIpc) is 3.81. The maximum atomic E-state index is 6.76. The fourth-order valence-electron chi connectivity index (χ4n) is 7.18. The van der Waals surface area contributed by atoms with E-state index in [0.717, 1.165) is 66.8 Å². The van der Waals surface area contributed by atoms with Crippen LogP contribution in [0.15, 0.2) is 191 Å². The highest BCUT2D eigenvalue weighted by molar-refractivity contribution is 6.21. The standard InChI is InChI=1S/C47H30N2O2/c1-3-12-31(13-4-1)33-24-26-38(27-25-33)49(39-19-11-18-36(29-39)37-23-22-32-14-7-8-17-35(32)28-37)42-30-41-45(51-47(48-41)34-15-5-2-6-16-34)44-40-20-9-10-21-43(40)50-46(42)44/h1-30H. The van der Waals surface area contributed by atoms with Gasteiger partial charge in [0, 0.05) is 22.3 Å². The zero-order valence-electron chi connectivity index (χ0n) is 27.5. The van der Waals surface area contributed by atoms with E-state index in [1.54, 1.807) is 0 Å². The first-order valence-electron chi connectivity index (χ1n) is 17.1. The topological polar surface area (TPSA) is 42.4 Å². The number of fused-ring (bicyclic) bond motifs is 6. The first-order valence-corrected chi connectivity index (χ1v) is 17.1. The number of oxazole rings is 1. The van der Waals surface area contributed by atoms with E-state index in [0.29, 0.717) is 11.5 Å². The number of furan rings is 1. The van der Waals surface area contributed by atoms with E-state index in [1.807, 2.05) is 54.6 Å². The number of rotatable bonds is 6. The van der Waals surface area contributed by atoms with Gasteiger partial charge in [0.05, 0.1) is 11.1 Å². The van der Waals surface area contributed by atoms with Gasteiger partial charge < -0.3 is 13.7 Å². The lowest BCUT2D eigenvalue weighted by molar-refractivity contribution is 0.622. The fourth-order valence-corrected chi connectivity index (χ4v) is 7.18. The molecular formula is C47H30N2O2. The van der Waals surface area contributed by atoms with Crippen LogP contribution in [0.1, 0.15) is 0 Å². The number of benzene rings is 8. The third-order valence-corrected chi connectivity index (χ3v) is 9.66. The molecule has 0 atom stereocenters. The van der Waals surface area contributed by atoms with Crippen LogP contribution >= 0.6 is 0 Å². The molecular weight excluding hydrogens is 625 g/mol. The van der Waals surface area contributed by atoms with Crippen LogP contribution in [0.3, 0.4) is 0 Å². The second kappa shape index (κ2) is 11.9. The summed E-state index contributed by atoms with van der Waals surface area (Å²) in [7, 11) is 0. The van der Waals surface area contributed by atoms with E-state index >= 15 is 0 Å². The number of hydrogen-bond acceptors (Lipinski definition) is 4. The van der Waals surface area contributed by atoms with Crippen molar-refractivity contribution in [2.75, 3.05) is 4.90 Å². The number of nitrogens with zero attached hydrogens (tertiary/aromatic N) is 2. The molecule has 51 heavy (non-hydrogen) atoms. The number of aromatic nitrogens is 1. The Hall–Kier alpha value is -6.91. The average molecular weight is 655 g/mol. The SMILES string of the molecule is c1ccc(-c2ccc(N(c3cccc(-c4ccc5ccccc5c4)c3)c3cc4nc(-c5ccccc5)oc4c4c3oc3ccccc34)cc2)cc1. The molecule has 10 rings (SSSR count). The van der Waals surface area contributed by atoms with Crippen LogP contribution in [0.2, 0.25) is 0 Å². The Morgan fingerprint density at radius 1 is 0.412 bits per heavy atom. The van der Waals surface area contributed by atoms with Crippen molar-refractivity contribution in [3.05, 3.63) is 182 Å². The third-order valence-electron chi connectivity index (χ3n) is 9.66. The minimum Gasteiger partial charge on any atom is -0.454 e. The summed E-state index contributed by atoms with van der Waals surface area (Å²) in [5, 5.41) is 4.33. The zero-order valence-corrected chi connectivity index (χ0v) is 27.5. The van der Waals surface area contributed by atoms with Crippen LogP contribution < -0.4 is 4.90 Å². The molecule has 0 spiro atoms. The molecule has 8 aromatic carbocycles. The highest BCUT2D eigenvalue weighted by atomic mass is 16.4. The molecule has 0 unspecified atom stereocenters. The second-order valence-electron chi connectivity index (χ2n) is 12.8. The molecule has 2 aromatic heterocycles. The number of para-hydroxylation sites is 1.